The molecule has 0 N–H and O–H groups in total. The van der Waals surface area contributed by atoms with E-state index in [-0.39, 0.29) is 11.6 Å². The quantitative estimate of drug-likeness (QED) is 0.846. The molecule has 1 fully saturated rings. The number of aromatic nitrogens is 1. The molecule has 25 heavy (non-hydrogen) atoms. The van der Waals surface area contributed by atoms with Crippen LogP contribution in [0.4, 0.5) is 5.82 Å². The topological polar surface area (TPSA) is 28.6 Å². The van der Waals surface area contributed by atoms with Gasteiger partial charge in [-0.1, -0.05) is 30.3 Å². The number of likely N-dealkylation sites (tertiary alicyclic amines) is 1. The van der Waals surface area contributed by atoms with Crippen molar-refractivity contribution < 1.29 is 4.74 Å². The molecule has 132 valence electrons. The van der Waals surface area contributed by atoms with Crippen LogP contribution >= 0.6 is 0 Å². The maximum Gasteiger partial charge on any atom is 0.172 e. The summed E-state index contributed by atoms with van der Waals surface area (Å²) in [5, 5.41) is 0. The van der Waals surface area contributed by atoms with Crippen LogP contribution in [0.15, 0.2) is 48.7 Å². The first kappa shape index (κ1) is 16.4. The van der Waals surface area contributed by atoms with Gasteiger partial charge in [-0.2, -0.15) is 0 Å². The fourth-order valence-corrected chi connectivity index (χ4v) is 4.02. The number of anilines is 1. The maximum absolute atomic E-state index is 6.19. The number of rotatable bonds is 4. The van der Waals surface area contributed by atoms with Gasteiger partial charge in [0.25, 0.3) is 0 Å². The van der Waals surface area contributed by atoms with E-state index in [9.17, 15) is 0 Å². The van der Waals surface area contributed by atoms with Crippen LogP contribution in [-0.4, -0.2) is 41.7 Å². The smallest absolute Gasteiger partial charge is 0.172 e. The second kappa shape index (κ2) is 6.68. The maximum atomic E-state index is 6.19. The van der Waals surface area contributed by atoms with E-state index in [2.05, 4.69) is 59.0 Å². The Kier molecular flexibility index (Phi) is 4.38. The Labute approximate surface area is 150 Å². The summed E-state index contributed by atoms with van der Waals surface area (Å²) < 4.78 is 6.19. The van der Waals surface area contributed by atoms with Crippen LogP contribution in [0.5, 0.6) is 5.75 Å². The Bertz CT molecular complexity index is 710. The van der Waals surface area contributed by atoms with Crippen LogP contribution in [0.3, 0.4) is 0 Å². The lowest BCUT2D eigenvalue weighted by Crippen LogP contribution is -2.50. The van der Waals surface area contributed by atoms with Gasteiger partial charge >= 0.3 is 0 Å². The monoisotopic (exact) mass is 337 g/mol. The van der Waals surface area contributed by atoms with Gasteiger partial charge < -0.3 is 14.5 Å². The number of benzene rings is 1. The summed E-state index contributed by atoms with van der Waals surface area (Å²) in [6.07, 6.45) is 4.49. The predicted molar refractivity (Wildman–Crippen MR) is 101 cm³/mol. The van der Waals surface area contributed by atoms with Crippen molar-refractivity contribution in [2.45, 2.75) is 38.3 Å². The first-order chi connectivity index (χ1) is 12.1. The molecular formula is C21H27N3O. The zero-order chi connectivity index (χ0) is 17.3. The van der Waals surface area contributed by atoms with E-state index in [0.717, 1.165) is 24.7 Å². The Hall–Kier alpha value is -2.07. The molecule has 0 aliphatic carbocycles. The number of nitrogens with zero attached hydrogens (tertiary/aromatic N) is 3. The average Bonchev–Trinajstić information content (AvgIpc) is 3.12. The van der Waals surface area contributed by atoms with Gasteiger partial charge in [0.1, 0.15) is 5.60 Å². The largest absolute Gasteiger partial charge is 0.482 e. The van der Waals surface area contributed by atoms with E-state index < -0.39 is 0 Å². The summed E-state index contributed by atoms with van der Waals surface area (Å²) in [7, 11) is 0. The third-order valence-electron chi connectivity index (χ3n) is 5.15. The van der Waals surface area contributed by atoms with Gasteiger partial charge in [0.05, 0.1) is 12.6 Å². The van der Waals surface area contributed by atoms with Crippen molar-refractivity contribution in [3.8, 4) is 5.75 Å². The van der Waals surface area contributed by atoms with Crippen molar-refractivity contribution >= 4 is 5.82 Å². The number of hydrogen-bond acceptors (Lipinski definition) is 4. The molecule has 3 heterocycles. The van der Waals surface area contributed by atoms with Crippen LogP contribution in [0.2, 0.25) is 0 Å². The van der Waals surface area contributed by atoms with Gasteiger partial charge in [-0.05, 0) is 57.5 Å². The van der Waals surface area contributed by atoms with E-state index in [0.29, 0.717) is 0 Å². The van der Waals surface area contributed by atoms with E-state index in [4.69, 9.17) is 4.74 Å². The van der Waals surface area contributed by atoms with E-state index in [1.807, 2.05) is 18.3 Å². The van der Waals surface area contributed by atoms with Crippen LogP contribution < -0.4 is 9.64 Å². The molecule has 0 amide bonds. The first-order valence-corrected chi connectivity index (χ1v) is 9.30. The molecule has 1 atom stereocenters. The highest BCUT2D eigenvalue weighted by Gasteiger charge is 2.37. The third-order valence-corrected chi connectivity index (χ3v) is 5.15. The zero-order valence-corrected chi connectivity index (χ0v) is 15.2. The molecular weight excluding hydrogens is 310 g/mol. The van der Waals surface area contributed by atoms with Gasteiger partial charge in [-0.15, -0.1) is 0 Å². The summed E-state index contributed by atoms with van der Waals surface area (Å²) in [4.78, 5) is 9.71. The number of ether oxygens (including phenoxy) is 1. The third kappa shape index (κ3) is 3.49. The molecule has 0 radical (unpaired) electrons. The van der Waals surface area contributed by atoms with Crippen LogP contribution in [0, 0.1) is 0 Å². The van der Waals surface area contributed by atoms with Crippen LogP contribution in [-0.2, 0) is 0 Å². The normalized spacial score (nSPS) is 20.8. The highest BCUT2D eigenvalue weighted by atomic mass is 16.5. The Morgan fingerprint density at radius 1 is 1.08 bits per heavy atom. The van der Waals surface area contributed by atoms with E-state index in [1.54, 1.807) is 0 Å². The van der Waals surface area contributed by atoms with Gasteiger partial charge in [-0.25, -0.2) is 4.98 Å². The summed E-state index contributed by atoms with van der Waals surface area (Å²) in [6, 6.07) is 15.1. The lowest BCUT2D eigenvalue weighted by molar-refractivity contribution is 0.0982. The van der Waals surface area contributed by atoms with Gasteiger partial charge in [0.2, 0.25) is 0 Å². The average molecular weight is 337 g/mol. The van der Waals surface area contributed by atoms with Crippen molar-refractivity contribution in [1.82, 2.24) is 9.88 Å². The molecule has 1 unspecified atom stereocenters. The van der Waals surface area contributed by atoms with Crippen molar-refractivity contribution in [3.05, 3.63) is 54.2 Å². The minimum Gasteiger partial charge on any atom is -0.482 e. The fourth-order valence-electron chi connectivity index (χ4n) is 4.02. The molecule has 1 saturated heterocycles. The number of pyridine rings is 1. The molecule has 2 aromatic rings. The minimum atomic E-state index is -0.228. The molecule has 2 aliphatic rings. The molecule has 4 heteroatoms. The highest BCUT2D eigenvalue weighted by molar-refractivity contribution is 5.56. The second-order valence-electron chi connectivity index (χ2n) is 7.75. The SMILES string of the molecule is CC1(C)CN(C(CN2CCCC2)c2ccccc2)c2ncccc2O1. The first-order valence-electron chi connectivity index (χ1n) is 9.30. The Morgan fingerprint density at radius 3 is 2.60 bits per heavy atom. The molecule has 2 aliphatic heterocycles. The van der Waals surface area contributed by atoms with Gasteiger partial charge in [0, 0.05) is 12.7 Å². The summed E-state index contributed by atoms with van der Waals surface area (Å²) in [5.74, 6) is 1.86. The lowest BCUT2D eigenvalue weighted by Gasteiger charge is -2.44. The molecule has 4 nitrogen and oxygen atoms in total. The summed E-state index contributed by atoms with van der Waals surface area (Å²) in [5.41, 5.74) is 1.12. The van der Waals surface area contributed by atoms with Crippen molar-refractivity contribution in [1.29, 1.82) is 0 Å². The standard InChI is InChI=1S/C21H27N3O/c1-21(2)16-24(20-19(25-21)11-8-12-22-20)18(15-23-13-6-7-14-23)17-9-4-3-5-10-17/h3-5,8-12,18H,6-7,13-16H2,1-2H3. The summed E-state index contributed by atoms with van der Waals surface area (Å²) in [6.45, 7) is 8.60. The highest BCUT2D eigenvalue weighted by Crippen LogP contribution is 2.40. The second-order valence-corrected chi connectivity index (χ2v) is 7.75. The van der Waals surface area contributed by atoms with Crippen molar-refractivity contribution in [3.63, 3.8) is 0 Å². The van der Waals surface area contributed by atoms with E-state index in [1.165, 1.54) is 31.5 Å². The van der Waals surface area contributed by atoms with Crippen LogP contribution in [0.1, 0.15) is 38.3 Å². The molecule has 0 saturated carbocycles. The van der Waals surface area contributed by atoms with Gasteiger partial charge in [-0.3, -0.25) is 0 Å². The Balaban J connectivity index is 1.73. The molecule has 1 aromatic carbocycles. The lowest BCUT2D eigenvalue weighted by atomic mass is 9.99. The Morgan fingerprint density at radius 2 is 1.84 bits per heavy atom. The predicted octanol–water partition coefficient (Wildman–Crippen LogP) is 3.90. The fraction of sp³-hybridized carbons (Fsp3) is 0.476. The summed E-state index contributed by atoms with van der Waals surface area (Å²) >= 11 is 0. The molecule has 0 spiro atoms. The van der Waals surface area contributed by atoms with Crippen molar-refractivity contribution in [2.75, 3.05) is 31.1 Å². The molecule has 4 rings (SSSR count). The van der Waals surface area contributed by atoms with Crippen LogP contribution in [0.25, 0.3) is 0 Å². The number of fused-ring (bicyclic) bond motifs is 1. The minimum absolute atomic E-state index is 0.228. The van der Waals surface area contributed by atoms with E-state index >= 15 is 0 Å². The molecule has 1 aromatic heterocycles. The number of hydrogen-bond donors (Lipinski definition) is 0. The van der Waals surface area contributed by atoms with Crippen molar-refractivity contribution in [2.24, 2.45) is 0 Å². The molecule has 0 bridgehead atoms. The van der Waals surface area contributed by atoms with Gasteiger partial charge in [0.15, 0.2) is 11.6 Å². The zero-order valence-electron chi connectivity index (χ0n) is 15.2.